The zero-order valence-corrected chi connectivity index (χ0v) is 20.2. The highest BCUT2D eigenvalue weighted by Crippen LogP contribution is 2.46. The van der Waals surface area contributed by atoms with Crippen molar-refractivity contribution in [3.05, 3.63) is 59.9 Å². The number of morpholine rings is 1. The normalized spacial score (nSPS) is 17.9. The van der Waals surface area contributed by atoms with Crippen LogP contribution in [0.3, 0.4) is 0 Å². The number of carbonyl (C=O) groups is 2. The minimum atomic E-state index is -0.408. The molecule has 2 aromatic heterocycles. The van der Waals surface area contributed by atoms with Crippen LogP contribution in [0.5, 0.6) is 11.5 Å². The van der Waals surface area contributed by atoms with E-state index in [0.29, 0.717) is 33.8 Å². The lowest BCUT2D eigenvalue weighted by atomic mass is 9.95. The van der Waals surface area contributed by atoms with E-state index in [1.165, 1.54) is 0 Å². The predicted molar refractivity (Wildman–Crippen MR) is 138 cm³/mol. The van der Waals surface area contributed by atoms with Crippen molar-refractivity contribution in [3.63, 3.8) is 0 Å². The van der Waals surface area contributed by atoms with Gasteiger partial charge in [0.15, 0.2) is 11.5 Å². The number of imide groups is 1. The van der Waals surface area contributed by atoms with Crippen molar-refractivity contribution in [2.75, 3.05) is 39.6 Å². The molecule has 0 aliphatic carbocycles. The third kappa shape index (κ3) is 3.61. The molecule has 0 bridgehead atoms. The van der Waals surface area contributed by atoms with Crippen LogP contribution in [-0.4, -0.2) is 65.9 Å². The predicted octanol–water partition coefficient (Wildman–Crippen LogP) is 3.14. The molecule has 2 N–H and O–H groups in total. The molecule has 0 unspecified atom stereocenters. The Kier molecular flexibility index (Phi) is 5.26. The first-order valence-electron chi connectivity index (χ1n) is 12.6. The number of ether oxygens (including phenoxy) is 3. The summed E-state index contributed by atoms with van der Waals surface area (Å²) >= 11 is 0. The first-order valence-corrected chi connectivity index (χ1v) is 12.6. The molecule has 4 aromatic rings. The molecule has 2 amide bonds. The fraction of sp³-hybridized carbons (Fsp3) is 0.286. The van der Waals surface area contributed by atoms with Gasteiger partial charge < -0.3 is 23.8 Å². The number of aromatic nitrogens is 2. The van der Waals surface area contributed by atoms with Gasteiger partial charge in [-0.15, -0.1) is 0 Å². The van der Waals surface area contributed by atoms with Gasteiger partial charge in [0.1, 0.15) is 0 Å². The molecule has 0 saturated carbocycles. The molecule has 9 nitrogen and oxygen atoms in total. The third-order valence-electron chi connectivity index (χ3n) is 7.42. The Morgan fingerprint density at radius 3 is 2.57 bits per heavy atom. The Morgan fingerprint density at radius 2 is 1.70 bits per heavy atom. The van der Waals surface area contributed by atoms with Crippen molar-refractivity contribution in [2.24, 2.45) is 0 Å². The van der Waals surface area contributed by atoms with E-state index < -0.39 is 11.8 Å². The number of H-pyrrole nitrogens is 1. The number of benzene rings is 2. The van der Waals surface area contributed by atoms with Crippen LogP contribution < -0.4 is 14.8 Å². The van der Waals surface area contributed by atoms with Gasteiger partial charge >= 0.3 is 0 Å². The Bertz CT molecular complexity index is 1590. The van der Waals surface area contributed by atoms with Crippen LogP contribution in [-0.2, 0) is 20.9 Å². The van der Waals surface area contributed by atoms with Gasteiger partial charge in [0, 0.05) is 60.6 Å². The standard InChI is InChI=1S/C28H26N4O5/c33-27-24(18-14-29-20-5-2-1-4-17(18)20)25(28(34)30-27)19-15-32(9-3-8-31-10-12-35-13-11-31)21-6-7-22-26(23(19)21)37-16-36-22/h1-2,4-7,14-15,29H,3,8-13,16H2,(H,30,33,34). The van der Waals surface area contributed by atoms with Gasteiger partial charge in [0.2, 0.25) is 6.79 Å². The summed E-state index contributed by atoms with van der Waals surface area (Å²) < 4.78 is 19.2. The molecule has 7 rings (SSSR count). The third-order valence-corrected chi connectivity index (χ3v) is 7.42. The minimum Gasteiger partial charge on any atom is -0.454 e. The molecular weight excluding hydrogens is 472 g/mol. The zero-order valence-electron chi connectivity index (χ0n) is 20.2. The Morgan fingerprint density at radius 1 is 0.892 bits per heavy atom. The number of nitrogens with one attached hydrogen (secondary N) is 2. The summed E-state index contributed by atoms with van der Waals surface area (Å²) in [6.45, 7) is 5.28. The first-order chi connectivity index (χ1) is 18.2. The van der Waals surface area contributed by atoms with Gasteiger partial charge in [-0.3, -0.25) is 19.8 Å². The molecule has 37 heavy (non-hydrogen) atoms. The largest absolute Gasteiger partial charge is 0.454 e. The smallest absolute Gasteiger partial charge is 0.259 e. The monoisotopic (exact) mass is 498 g/mol. The van der Waals surface area contributed by atoms with Crippen molar-refractivity contribution < 1.29 is 23.8 Å². The molecule has 188 valence electrons. The maximum atomic E-state index is 13.3. The molecule has 9 heteroatoms. The van der Waals surface area contributed by atoms with Crippen LogP contribution >= 0.6 is 0 Å². The molecule has 2 aromatic carbocycles. The van der Waals surface area contributed by atoms with Crippen molar-refractivity contribution in [2.45, 2.75) is 13.0 Å². The van der Waals surface area contributed by atoms with Crippen molar-refractivity contribution in [1.82, 2.24) is 19.8 Å². The highest BCUT2D eigenvalue weighted by Gasteiger charge is 2.36. The fourth-order valence-corrected chi connectivity index (χ4v) is 5.66. The molecule has 0 spiro atoms. The van der Waals surface area contributed by atoms with Crippen molar-refractivity contribution in [1.29, 1.82) is 0 Å². The number of para-hydroxylation sites is 1. The van der Waals surface area contributed by atoms with Crippen LogP contribution in [0.1, 0.15) is 17.5 Å². The second-order valence-electron chi connectivity index (χ2n) is 9.52. The highest BCUT2D eigenvalue weighted by atomic mass is 16.7. The average molecular weight is 499 g/mol. The van der Waals surface area contributed by atoms with Crippen LogP contribution in [0.2, 0.25) is 0 Å². The Hall–Kier alpha value is -4.08. The fourth-order valence-electron chi connectivity index (χ4n) is 5.66. The van der Waals surface area contributed by atoms with Gasteiger partial charge in [-0.05, 0) is 24.6 Å². The average Bonchev–Trinajstić information content (AvgIpc) is 3.68. The zero-order chi connectivity index (χ0) is 24.9. The van der Waals surface area contributed by atoms with Gasteiger partial charge in [0.05, 0.1) is 35.3 Å². The van der Waals surface area contributed by atoms with Crippen LogP contribution in [0.15, 0.2) is 48.8 Å². The van der Waals surface area contributed by atoms with Crippen molar-refractivity contribution in [3.8, 4) is 11.5 Å². The Labute approximate surface area is 212 Å². The lowest BCUT2D eigenvalue weighted by molar-refractivity contribution is -0.122. The van der Waals surface area contributed by atoms with E-state index in [1.807, 2.05) is 42.6 Å². The maximum absolute atomic E-state index is 13.3. The summed E-state index contributed by atoms with van der Waals surface area (Å²) in [6, 6.07) is 11.7. The van der Waals surface area contributed by atoms with E-state index >= 15 is 0 Å². The second kappa shape index (κ2) is 8.79. The molecule has 0 radical (unpaired) electrons. The number of aromatic amines is 1. The number of fused-ring (bicyclic) bond motifs is 4. The van der Waals surface area contributed by atoms with E-state index in [-0.39, 0.29) is 6.79 Å². The number of hydrogen-bond acceptors (Lipinski definition) is 6. The summed E-state index contributed by atoms with van der Waals surface area (Å²) in [5, 5.41) is 4.21. The van der Waals surface area contributed by atoms with E-state index in [1.54, 1.807) is 6.20 Å². The first kappa shape index (κ1) is 22.1. The minimum absolute atomic E-state index is 0.121. The molecular formula is C28H26N4O5. The van der Waals surface area contributed by atoms with Crippen LogP contribution in [0, 0.1) is 0 Å². The van der Waals surface area contributed by atoms with Gasteiger partial charge in [-0.25, -0.2) is 0 Å². The molecule has 1 saturated heterocycles. The molecule has 0 atom stereocenters. The second-order valence-corrected chi connectivity index (χ2v) is 9.52. The van der Waals surface area contributed by atoms with E-state index in [4.69, 9.17) is 14.2 Å². The Balaban J connectivity index is 1.37. The molecule has 1 fully saturated rings. The number of hydrogen-bond donors (Lipinski definition) is 2. The number of amides is 2. The quantitative estimate of drug-likeness (QED) is 0.397. The molecule has 5 heterocycles. The summed E-state index contributed by atoms with van der Waals surface area (Å²) in [5.74, 6) is 0.438. The highest BCUT2D eigenvalue weighted by molar-refractivity contribution is 6.51. The molecule has 3 aliphatic rings. The summed E-state index contributed by atoms with van der Waals surface area (Å²) in [4.78, 5) is 32.1. The van der Waals surface area contributed by atoms with Gasteiger partial charge in [-0.1, -0.05) is 18.2 Å². The lowest BCUT2D eigenvalue weighted by Gasteiger charge is -2.26. The van der Waals surface area contributed by atoms with Gasteiger partial charge in [-0.2, -0.15) is 0 Å². The summed E-state index contributed by atoms with van der Waals surface area (Å²) in [5.41, 5.74) is 3.94. The molecule has 3 aliphatic heterocycles. The SMILES string of the molecule is O=C1NC(=O)C(c2cn(CCCN3CCOCC3)c3ccc4c(c23)OCO4)=C1c1c[nH]c2ccccc12. The number of nitrogens with zero attached hydrogens (tertiary/aromatic N) is 2. The van der Waals surface area contributed by atoms with Crippen LogP contribution in [0.4, 0.5) is 0 Å². The topological polar surface area (TPSA) is 97.8 Å². The van der Waals surface area contributed by atoms with E-state index in [2.05, 4.69) is 19.8 Å². The van der Waals surface area contributed by atoms with Crippen LogP contribution in [0.25, 0.3) is 33.0 Å². The maximum Gasteiger partial charge on any atom is 0.259 e. The van der Waals surface area contributed by atoms with E-state index in [9.17, 15) is 9.59 Å². The number of rotatable bonds is 6. The summed E-state index contributed by atoms with van der Waals surface area (Å²) in [7, 11) is 0. The van der Waals surface area contributed by atoms with Crippen molar-refractivity contribution >= 4 is 44.8 Å². The number of aryl methyl sites for hydroxylation is 1. The van der Waals surface area contributed by atoms with Gasteiger partial charge in [0.25, 0.3) is 11.8 Å². The lowest BCUT2D eigenvalue weighted by Crippen LogP contribution is -2.37. The number of carbonyl (C=O) groups excluding carboxylic acids is 2. The van der Waals surface area contributed by atoms with E-state index in [0.717, 1.165) is 67.6 Å². The summed E-state index contributed by atoms with van der Waals surface area (Å²) in [6.07, 6.45) is 4.72.